The van der Waals surface area contributed by atoms with Crippen molar-refractivity contribution in [2.75, 3.05) is 58.6 Å². The average Bonchev–Trinajstić information content (AvgIpc) is 2.89. The molecule has 8 heteroatoms. The van der Waals surface area contributed by atoms with Crippen LogP contribution in [-0.4, -0.2) is 59.2 Å². The Kier molecular flexibility index (Phi) is 13.0. The number of fused-ring (bicyclic) bond motifs is 1. The van der Waals surface area contributed by atoms with Gasteiger partial charge in [0.25, 0.3) is 0 Å². The molecule has 0 unspecified atom stereocenters. The SMILES string of the molecule is COCCNC(=NCCCOCC(C)C)Nc1ccc2c(c1)OCCCO2.I. The quantitative estimate of drug-likeness (QED) is 0.219. The van der Waals surface area contributed by atoms with Crippen LogP contribution < -0.4 is 20.1 Å². The van der Waals surface area contributed by atoms with Crippen molar-refractivity contribution in [2.24, 2.45) is 10.9 Å². The summed E-state index contributed by atoms with van der Waals surface area (Å²) < 4.78 is 22.1. The largest absolute Gasteiger partial charge is 0.490 e. The molecule has 7 nitrogen and oxygen atoms in total. The van der Waals surface area contributed by atoms with Gasteiger partial charge in [-0.3, -0.25) is 4.99 Å². The minimum atomic E-state index is 0. The molecule has 160 valence electrons. The lowest BCUT2D eigenvalue weighted by molar-refractivity contribution is 0.109. The first-order valence-corrected chi connectivity index (χ1v) is 9.70. The first kappa shape index (κ1) is 24.8. The summed E-state index contributed by atoms with van der Waals surface area (Å²) in [5, 5.41) is 6.60. The number of rotatable bonds is 10. The number of aliphatic imine (C=N–C) groups is 1. The van der Waals surface area contributed by atoms with E-state index in [2.05, 4.69) is 29.5 Å². The summed E-state index contributed by atoms with van der Waals surface area (Å²) in [6, 6.07) is 5.84. The molecule has 2 rings (SSSR count). The summed E-state index contributed by atoms with van der Waals surface area (Å²) in [4.78, 5) is 4.62. The Morgan fingerprint density at radius 3 is 2.71 bits per heavy atom. The third kappa shape index (κ3) is 9.79. The van der Waals surface area contributed by atoms with E-state index >= 15 is 0 Å². The Balaban J connectivity index is 0.00000392. The third-order valence-electron chi connectivity index (χ3n) is 3.78. The molecule has 0 saturated heterocycles. The molecule has 0 fully saturated rings. The second-order valence-electron chi connectivity index (χ2n) is 6.81. The van der Waals surface area contributed by atoms with Crippen molar-refractivity contribution >= 4 is 35.6 Å². The predicted molar refractivity (Wildman–Crippen MR) is 124 cm³/mol. The third-order valence-corrected chi connectivity index (χ3v) is 3.78. The van der Waals surface area contributed by atoms with E-state index in [1.165, 1.54) is 0 Å². The smallest absolute Gasteiger partial charge is 0.195 e. The van der Waals surface area contributed by atoms with Crippen LogP contribution in [0.1, 0.15) is 26.7 Å². The molecule has 1 aromatic carbocycles. The second kappa shape index (κ2) is 14.7. The van der Waals surface area contributed by atoms with Gasteiger partial charge in [0, 0.05) is 51.6 Å². The Labute approximate surface area is 185 Å². The summed E-state index contributed by atoms with van der Waals surface area (Å²) in [6.45, 7) is 9.13. The molecule has 0 spiro atoms. The van der Waals surface area contributed by atoms with Crippen molar-refractivity contribution in [3.8, 4) is 11.5 Å². The number of hydrogen-bond acceptors (Lipinski definition) is 5. The van der Waals surface area contributed by atoms with Crippen LogP contribution >= 0.6 is 24.0 Å². The van der Waals surface area contributed by atoms with Crippen LogP contribution in [0.3, 0.4) is 0 Å². The van der Waals surface area contributed by atoms with E-state index in [0.29, 0.717) is 44.8 Å². The molecule has 1 aliphatic rings. The first-order valence-electron chi connectivity index (χ1n) is 9.70. The normalized spacial score (nSPS) is 13.6. The maximum Gasteiger partial charge on any atom is 0.195 e. The molecule has 0 atom stereocenters. The molecule has 1 aromatic rings. The van der Waals surface area contributed by atoms with Crippen LogP contribution in [0.2, 0.25) is 0 Å². The monoisotopic (exact) mass is 507 g/mol. The minimum absolute atomic E-state index is 0. The van der Waals surface area contributed by atoms with E-state index in [1.807, 2.05) is 18.2 Å². The maximum atomic E-state index is 5.75. The van der Waals surface area contributed by atoms with Crippen molar-refractivity contribution in [3.05, 3.63) is 18.2 Å². The molecule has 0 aliphatic carbocycles. The number of anilines is 1. The van der Waals surface area contributed by atoms with Crippen LogP contribution in [0, 0.1) is 5.92 Å². The van der Waals surface area contributed by atoms with Crippen LogP contribution in [0.5, 0.6) is 11.5 Å². The standard InChI is InChI=1S/C20H33N3O4.HI/c1-16(2)15-25-10-4-8-21-20(22-9-13-24-3)23-17-6-7-18-19(14-17)27-12-5-11-26-18;/h6-7,14,16H,4-5,8-13,15H2,1-3H3,(H2,21,22,23);1H. The Bertz CT molecular complexity index is 585. The number of hydrogen-bond donors (Lipinski definition) is 2. The van der Waals surface area contributed by atoms with Crippen molar-refractivity contribution in [1.82, 2.24) is 5.32 Å². The van der Waals surface area contributed by atoms with Crippen molar-refractivity contribution < 1.29 is 18.9 Å². The molecule has 0 bridgehead atoms. The number of ether oxygens (including phenoxy) is 4. The molecule has 0 amide bonds. The van der Waals surface area contributed by atoms with Gasteiger partial charge in [0.1, 0.15) is 0 Å². The molecule has 0 radical (unpaired) electrons. The Hall–Kier alpha value is -1.26. The Morgan fingerprint density at radius 2 is 1.96 bits per heavy atom. The second-order valence-corrected chi connectivity index (χ2v) is 6.81. The Morgan fingerprint density at radius 1 is 1.18 bits per heavy atom. The molecule has 1 aliphatic heterocycles. The maximum absolute atomic E-state index is 5.75. The van der Waals surface area contributed by atoms with Crippen LogP contribution in [-0.2, 0) is 9.47 Å². The van der Waals surface area contributed by atoms with Crippen molar-refractivity contribution in [2.45, 2.75) is 26.7 Å². The first-order chi connectivity index (χ1) is 13.2. The molecule has 2 N–H and O–H groups in total. The van der Waals surface area contributed by atoms with Gasteiger partial charge in [0.2, 0.25) is 0 Å². The summed E-state index contributed by atoms with van der Waals surface area (Å²) in [7, 11) is 1.68. The van der Waals surface area contributed by atoms with Gasteiger partial charge < -0.3 is 29.6 Å². The predicted octanol–water partition coefficient (Wildman–Crippen LogP) is 3.53. The van der Waals surface area contributed by atoms with E-state index < -0.39 is 0 Å². The molecule has 28 heavy (non-hydrogen) atoms. The molecule has 0 saturated carbocycles. The number of guanidine groups is 1. The van der Waals surface area contributed by atoms with Gasteiger partial charge in [-0.25, -0.2) is 0 Å². The molecule has 1 heterocycles. The van der Waals surface area contributed by atoms with Gasteiger partial charge in [0.05, 0.1) is 19.8 Å². The molecular weight excluding hydrogens is 473 g/mol. The fourth-order valence-electron chi connectivity index (χ4n) is 2.47. The topological polar surface area (TPSA) is 73.3 Å². The zero-order valence-corrected chi connectivity index (χ0v) is 19.5. The highest BCUT2D eigenvalue weighted by Crippen LogP contribution is 2.32. The zero-order valence-electron chi connectivity index (χ0n) is 17.2. The van der Waals surface area contributed by atoms with Crippen molar-refractivity contribution in [1.29, 1.82) is 0 Å². The summed E-state index contributed by atoms with van der Waals surface area (Å²) >= 11 is 0. The van der Waals surface area contributed by atoms with E-state index in [1.54, 1.807) is 7.11 Å². The highest BCUT2D eigenvalue weighted by Gasteiger charge is 2.11. The lowest BCUT2D eigenvalue weighted by Gasteiger charge is -2.14. The molecule has 0 aromatic heterocycles. The van der Waals surface area contributed by atoms with Crippen LogP contribution in [0.4, 0.5) is 5.69 Å². The highest BCUT2D eigenvalue weighted by atomic mass is 127. The molecular formula is C20H34IN3O4. The van der Waals surface area contributed by atoms with Gasteiger partial charge >= 0.3 is 0 Å². The van der Waals surface area contributed by atoms with Crippen molar-refractivity contribution in [3.63, 3.8) is 0 Å². The summed E-state index contributed by atoms with van der Waals surface area (Å²) in [5.74, 6) is 2.81. The number of nitrogens with zero attached hydrogens (tertiary/aromatic N) is 1. The van der Waals surface area contributed by atoms with Gasteiger partial charge in [-0.05, 0) is 24.5 Å². The minimum Gasteiger partial charge on any atom is -0.490 e. The fraction of sp³-hybridized carbons (Fsp3) is 0.650. The number of nitrogens with one attached hydrogen (secondary N) is 2. The van der Waals surface area contributed by atoms with E-state index in [-0.39, 0.29) is 24.0 Å². The lowest BCUT2D eigenvalue weighted by atomic mass is 10.2. The van der Waals surface area contributed by atoms with Crippen LogP contribution in [0.15, 0.2) is 23.2 Å². The highest BCUT2D eigenvalue weighted by molar-refractivity contribution is 14.0. The van der Waals surface area contributed by atoms with E-state index in [0.717, 1.165) is 43.2 Å². The van der Waals surface area contributed by atoms with Gasteiger partial charge in [0.15, 0.2) is 17.5 Å². The number of methoxy groups -OCH3 is 1. The average molecular weight is 507 g/mol. The zero-order chi connectivity index (χ0) is 19.3. The number of benzene rings is 1. The van der Waals surface area contributed by atoms with Crippen LogP contribution in [0.25, 0.3) is 0 Å². The fourth-order valence-corrected chi connectivity index (χ4v) is 2.47. The number of halogens is 1. The van der Waals surface area contributed by atoms with E-state index in [9.17, 15) is 0 Å². The summed E-state index contributed by atoms with van der Waals surface area (Å²) in [5.41, 5.74) is 0.902. The summed E-state index contributed by atoms with van der Waals surface area (Å²) in [6.07, 6.45) is 1.77. The van der Waals surface area contributed by atoms with E-state index in [4.69, 9.17) is 18.9 Å². The lowest BCUT2D eigenvalue weighted by Crippen LogP contribution is -2.33. The van der Waals surface area contributed by atoms with Gasteiger partial charge in [-0.2, -0.15) is 0 Å². The van der Waals surface area contributed by atoms with Gasteiger partial charge in [-0.15, -0.1) is 24.0 Å². The van der Waals surface area contributed by atoms with Gasteiger partial charge in [-0.1, -0.05) is 13.8 Å².